The largest absolute Gasteiger partial charge is 0.481 e. The topological polar surface area (TPSA) is 117 Å². The first kappa shape index (κ1) is 14.0. The number of anilines is 1. The summed E-state index contributed by atoms with van der Waals surface area (Å²) in [4.78, 5) is 37.6. The highest BCUT2D eigenvalue weighted by atomic mass is 16.4. The Labute approximate surface area is 114 Å². The lowest BCUT2D eigenvalue weighted by atomic mass is 10.1. The molecule has 1 aromatic rings. The zero-order chi connectivity index (χ0) is 15.1. The molecule has 1 amide bonds. The van der Waals surface area contributed by atoms with E-state index in [2.05, 4.69) is 10.3 Å². The van der Waals surface area contributed by atoms with E-state index in [1.165, 1.54) is 18.5 Å². The van der Waals surface area contributed by atoms with Gasteiger partial charge in [0.2, 0.25) is 5.91 Å². The van der Waals surface area contributed by atoms with Crippen LogP contribution >= 0.6 is 0 Å². The molecule has 2 atom stereocenters. The second-order valence-electron chi connectivity index (χ2n) is 5.37. The highest BCUT2D eigenvalue weighted by molar-refractivity contribution is 6.00. The van der Waals surface area contributed by atoms with Crippen LogP contribution in [-0.2, 0) is 9.59 Å². The molecule has 20 heavy (non-hydrogen) atoms. The number of aromatic nitrogens is 1. The minimum absolute atomic E-state index is 0.0485. The molecular weight excluding hydrogens is 264 g/mol. The Morgan fingerprint density at radius 1 is 1.20 bits per heavy atom. The van der Waals surface area contributed by atoms with Crippen molar-refractivity contribution in [3.05, 3.63) is 24.0 Å². The number of aliphatic carboxylic acids is 1. The zero-order valence-electron chi connectivity index (χ0n) is 11.0. The fourth-order valence-corrected chi connectivity index (χ4v) is 2.43. The number of rotatable bonds is 4. The van der Waals surface area contributed by atoms with Gasteiger partial charge >= 0.3 is 11.9 Å². The van der Waals surface area contributed by atoms with Gasteiger partial charge in [0, 0.05) is 6.20 Å². The standard InChI is InChI=1S/C13H14N2O5/c1-13(2)8(9(13)12(19)20)10(16)15-7-3-6(11(17)18)4-14-5-7/h3-5,8-9H,1-2H3,(H,15,16)(H,17,18)(H,19,20)/t8-,9+/m1/s1. The summed E-state index contributed by atoms with van der Waals surface area (Å²) in [5.74, 6) is -3.95. The number of nitrogens with one attached hydrogen (secondary N) is 1. The quantitative estimate of drug-likeness (QED) is 0.758. The summed E-state index contributed by atoms with van der Waals surface area (Å²) in [6.45, 7) is 3.42. The Balaban J connectivity index is 2.12. The van der Waals surface area contributed by atoms with Crippen LogP contribution in [-0.4, -0.2) is 33.0 Å². The summed E-state index contributed by atoms with van der Waals surface area (Å²) in [6, 6.07) is 1.28. The first-order valence-corrected chi connectivity index (χ1v) is 5.97. The van der Waals surface area contributed by atoms with E-state index in [-0.39, 0.29) is 11.3 Å². The molecule has 0 spiro atoms. The lowest BCUT2D eigenvalue weighted by Gasteiger charge is -2.06. The number of hydrogen-bond acceptors (Lipinski definition) is 4. The van der Waals surface area contributed by atoms with Gasteiger partial charge in [0.25, 0.3) is 0 Å². The molecular formula is C13H14N2O5. The number of aromatic carboxylic acids is 1. The second-order valence-corrected chi connectivity index (χ2v) is 5.37. The minimum atomic E-state index is -1.15. The maximum atomic E-state index is 12.0. The summed E-state index contributed by atoms with van der Waals surface area (Å²) >= 11 is 0. The van der Waals surface area contributed by atoms with Gasteiger partial charge in [0.15, 0.2) is 0 Å². The molecule has 0 saturated heterocycles. The first-order chi connectivity index (χ1) is 9.25. The molecule has 0 bridgehead atoms. The van der Waals surface area contributed by atoms with Crippen molar-refractivity contribution in [2.24, 2.45) is 17.3 Å². The smallest absolute Gasteiger partial charge is 0.337 e. The Morgan fingerprint density at radius 3 is 2.35 bits per heavy atom. The van der Waals surface area contributed by atoms with Crippen molar-refractivity contribution in [2.75, 3.05) is 5.32 Å². The average molecular weight is 278 g/mol. The highest BCUT2D eigenvalue weighted by Crippen LogP contribution is 2.58. The number of pyridine rings is 1. The summed E-state index contributed by atoms with van der Waals surface area (Å²) in [5.41, 5.74) is -0.414. The van der Waals surface area contributed by atoms with Crippen LogP contribution in [0.4, 0.5) is 5.69 Å². The predicted octanol–water partition coefficient (Wildman–Crippen LogP) is 1.08. The molecule has 0 aliphatic heterocycles. The van der Waals surface area contributed by atoms with E-state index in [1.807, 2.05) is 0 Å². The molecule has 0 unspecified atom stereocenters. The van der Waals surface area contributed by atoms with Crippen LogP contribution in [0.5, 0.6) is 0 Å². The summed E-state index contributed by atoms with van der Waals surface area (Å²) in [5, 5.41) is 20.4. The molecule has 2 rings (SSSR count). The monoisotopic (exact) mass is 278 g/mol. The van der Waals surface area contributed by atoms with Gasteiger partial charge in [-0.05, 0) is 11.5 Å². The minimum Gasteiger partial charge on any atom is -0.481 e. The fraction of sp³-hybridized carbons (Fsp3) is 0.385. The number of nitrogens with zero attached hydrogens (tertiary/aromatic N) is 1. The average Bonchev–Trinajstić information content (AvgIpc) is 2.93. The Bertz CT molecular complexity index is 596. The van der Waals surface area contributed by atoms with Gasteiger partial charge in [-0.15, -0.1) is 0 Å². The number of amides is 1. The predicted molar refractivity (Wildman–Crippen MR) is 68.2 cm³/mol. The molecule has 106 valence electrons. The van der Waals surface area contributed by atoms with Crippen LogP contribution in [0.25, 0.3) is 0 Å². The third kappa shape index (κ3) is 2.34. The first-order valence-electron chi connectivity index (χ1n) is 5.97. The fourth-order valence-electron chi connectivity index (χ4n) is 2.43. The van der Waals surface area contributed by atoms with Crippen LogP contribution in [0.1, 0.15) is 24.2 Å². The van der Waals surface area contributed by atoms with E-state index in [9.17, 15) is 14.4 Å². The number of carbonyl (C=O) groups is 3. The summed E-state index contributed by atoms with van der Waals surface area (Å²) in [6.07, 6.45) is 2.48. The second kappa shape index (κ2) is 4.59. The van der Waals surface area contributed by atoms with Crippen molar-refractivity contribution in [1.82, 2.24) is 4.98 Å². The van der Waals surface area contributed by atoms with Gasteiger partial charge in [0.1, 0.15) is 0 Å². The van der Waals surface area contributed by atoms with Crippen LogP contribution < -0.4 is 5.32 Å². The normalized spacial score (nSPS) is 22.9. The van der Waals surface area contributed by atoms with Crippen molar-refractivity contribution in [1.29, 1.82) is 0 Å². The highest BCUT2D eigenvalue weighted by Gasteiger charge is 2.65. The molecule has 3 N–H and O–H groups in total. The lowest BCUT2D eigenvalue weighted by molar-refractivity contribution is -0.140. The SMILES string of the molecule is CC1(C)[C@H](C(=O)O)[C@@H]1C(=O)Nc1cncc(C(=O)O)c1. The van der Waals surface area contributed by atoms with Gasteiger partial charge in [-0.1, -0.05) is 13.8 Å². The maximum absolute atomic E-state index is 12.0. The molecule has 1 saturated carbocycles. The van der Waals surface area contributed by atoms with E-state index in [0.29, 0.717) is 0 Å². The number of carboxylic acid groups (broad SMARTS) is 2. The number of hydrogen-bond donors (Lipinski definition) is 3. The number of carbonyl (C=O) groups excluding carboxylic acids is 1. The third-order valence-corrected chi connectivity index (χ3v) is 3.63. The van der Waals surface area contributed by atoms with Gasteiger partial charge in [-0.2, -0.15) is 0 Å². The molecule has 7 heteroatoms. The molecule has 0 radical (unpaired) electrons. The summed E-state index contributed by atoms with van der Waals surface area (Å²) in [7, 11) is 0. The van der Waals surface area contributed by atoms with Crippen molar-refractivity contribution in [2.45, 2.75) is 13.8 Å². The lowest BCUT2D eigenvalue weighted by Crippen LogP contribution is -2.18. The van der Waals surface area contributed by atoms with Crippen molar-refractivity contribution in [3.63, 3.8) is 0 Å². The van der Waals surface area contributed by atoms with Crippen molar-refractivity contribution >= 4 is 23.5 Å². The van der Waals surface area contributed by atoms with Crippen LogP contribution in [0.15, 0.2) is 18.5 Å². The molecule has 1 aromatic heterocycles. The molecule has 1 aliphatic rings. The molecule has 1 fully saturated rings. The van der Waals surface area contributed by atoms with Crippen molar-refractivity contribution in [3.8, 4) is 0 Å². The molecule has 7 nitrogen and oxygen atoms in total. The van der Waals surface area contributed by atoms with E-state index in [1.54, 1.807) is 13.8 Å². The van der Waals surface area contributed by atoms with Gasteiger partial charge in [0.05, 0.1) is 29.3 Å². The molecule has 0 aromatic carbocycles. The summed E-state index contributed by atoms with van der Waals surface area (Å²) < 4.78 is 0. The van der Waals surface area contributed by atoms with E-state index >= 15 is 0 Å². The van der Waals surface area contributed by atoms with Crippen molar-refractivity contribution < 1.29 is 24.6 Å². The molecule has 1 aliphatic carbocycles. The van der Waals surface area contributed by atoms with Crippen LogP contribution in [0, 0.1) is 17.3 Å². The van der Waals surface area contributed by atoms with Gasteiger partial charge in [-0.3, -0.25) is 14.6 Å². The number of carboxylic acids is 2. The zero-order valence-corrected chi connectivity index (χ0v) is 11.0. The van der Waals surface area contributed by atoms with Crippen LogP contribution in [0.3, 0.4) is 0 Å². The maximum Gasteiger partial charge on any atom is 0.337 e. The van der Waals surface area contributed by atoms with Gasteiger partial charge < -0.3 is 15.5 Å². The van der Waals surface area contributed by atoms with Gasteiger partial charge in [-0.25, -0.2) is 4.79 Å². The third-order valence-electron chi connectivity index (χ3n) is 3.63. The Kier molecular flexibility index (Phi) is 3.21. The Morgan fingerprint density at radius 2 is 1.85 bits per heavy atom. The Hall–Kier alpha value is -2.44. The molecule has 1 heterocycles. The van der Waals surface area contributed by atoms with E-state index < -0.39 is 35.1 Å². The van der Waals surface area contributed by atoms with Crippen LogP contribution in [0.2, 0.25) is 0 Å². The van der Waals surface area contributed by atoms with E-state index in [0.717, 1.165) is 0 Å². The van der Waals surface area contributed by atoms with E-state index in [4.69, 9.17) is 10.2 Å².